The van der Waals surface area contributed by atoms with Crippen molar-refractivity contribution in [3.05, 3.63) is 65.2 Å². The van der Waals surface area contributed by atoms with Gasteiger partial charge in [0.1, 0.15) is 17.4 Å². The summed E-state index contributed by atoms with van der Waals surface area (Å²) in [6, 6.07) is 10.9. The Morgan fingerprint density at radius 1 is 1.10 bits per heavy atom. The average Bonchev–Trinajstić information content (AvgIpc) is 2.47. The molecule has 0 aliphatic carbocycles. The lowest BCUT2D eigenvalue weighted by Gasteiger charge is -2.18. The number of hydrogen-bond acceptors (Lipinski definition) is 2. The maximum atomic E-state index is 14.1. The molecule has 0 radical (unpaired) electrons. The smallest absolute Gasteiger partial charge is 0.131 e. The van der Waals surface area contributed by atoms with E-state index in [1.807, 2.05) is 0 Å². The fourth-order valence-electron chi connectivity index (χ4n) is 2.14. The second-order valence-electron chi connectivity index (χ2n) is 4.56. The van der Waals surface area contributed by atoms with Crippen LogP contribution in [-0.4, -0.2) is 14.2 Å². The molecule has 0 spiro atoms. The predicted molar refractivity (Wildman–Crippen MR) is 74.9 cm³/mol. The van der Waals surface area contributed by atoms with E-state index < -0.39 is 0 Å². The highest BCUT2D eigenvalue weighted by Gasteiger charge is 2.15. The van der Waals surface area contributed by atoms with E-state index in [1.165, 1.54) is 25.3 Å². The minimum absolute atomic E-state index is 0.175. The van der Waals surface area contributed by atoms with E-state index in [2.05, 4.69) is 5.32 Å². The molecule has 1 N–H and O–H groups in total. The van der Waals surface area contributed by atoms with Crippen molar-refractivity contribution in [1.29, 1.82) is 0 Å². The van der Waals surface area contributed by atoms with E-state index in [0.717, 1.165) is 5.56 Å². The zero-order chi connectivity index (χ0) is 14.5. The van der Waals surface area contributed by atoms with Gasteiger partial charge in [0.15, 0.2) is 0 Å². The molecule has 106 valence electrons. The minimum atomic E-state index is -0.314. The Balaban J connectivity index is 2.21. The summed E-state index contributed by atoms with van der Waals surface area (Å²) in [7, 11) is 3.28. The van der Waals surface area contributed by atoms with Gasteiger partial charge in [0.2, 0.25) is 0 Å². The average molecular weight is 277 g/mol. The highest BCUT2D eigenvalue weighted by molar-refractivity contribution is 5.32. The van der Waals surface area contributed by atoms with E-state index in [0.29, 0.717) is 17.7 Å². The molecule has 0 saturated heterocycles. The lowest BCUT2D eigenvalue weighted by atomic mass is 9.98. The van der Waals surface area contributed by atoms with Gasteiger partial charge in [0.25, 0.3) is 0 Å². The molecule has 0 bridgehead atoms. The third kappa shape index (κ3) is 3.33. The number of ether oxygens (including phenoxy) is 1. The van der Waals surface area contributed by atoms with Crippen LogP contribution in [0.25, 0.3) is 0 Å². The summed E-state index contributed by atoms with van der Waals surface area (Å²) in [5, 5.41) is 3.09. The first-order chi connectivity index (χ1) is 9.63. The Labute approximate surface area is 117 Å². The zero-order valence-electron chi connectivity index (χ0n) is 11.5. The predicted octanol–water partition coefficient (Wildman–Crippen LogP) is 3.48. The summed E-state index contributed by atoms with van der Waals surface area (Å²) in [5.74, 6) is -0.0981. The van der Waals surface area contributed by atoms with Crippen molar-refractivity contribution in [2.24, 2.45) is 0 Å². The molecule has 0 saturated carbocycles. The van der Waals surface area contributed by atoms with Crippen LogP contribution in [0.3, 0.4) is 0 Å². The van der Waals surface area contributed by atoms with Gasteiger partial charge in [-0.05, 0) is 37.2 Å². The third-order valence-corrected chi connectivity index (χ3v) is 3.28. The first-order valence-electron chi connectivity index (χ1n) is 6.39. The summed E-state index contributed by atoms with van der Waals surface area (Å²) in [6.07, 6.45) is 0.583. The number of hydrogen-bond donors (Lipinski definition) is 1. The normalized spacial score (nSPS) is 12.2. The molecule has 1 unspecified atom stereocenters. The van der Waals surface area contributed by atoms with Crippen molar-refractivity contribution in [2.75, 3.05) is 14.2 Å². The standard InChI is InChI=1S/C16H17F2NO/c1-19-16(9-11-3-5-12(17)6-4-11)14-8-7-13(20-2)10-15(14)18/h3-8,10,16,19H,9H2,1-2H3. The molecular weight excluding hydrogens is 260 g/mol. The van der Waals surface area contributed by atoms with Gasteiger partial charge >= 0.3 is 0 Å². The summed E-state index contributed by atoms with van der Waals surface area (Å²) in [4.78, 5) is 0. The molecule has 2 aromatic carbocycles. The number of methoxy groups -OCH3 is 1. The molecular formula is C16H17F2NO. The Morgan fingerprint density at radius 2 is 1.80 bits per heavy atom. The van der Waals surface area contributed by atoms with Crippen LogP contribution in [0.4, 0.5) is 8.78 Å². The second kappa shape index (κ2) is 6.48. The van der Waals surface area contributed by atoms with E-state index in [9.17, 15) is 8.78 Å². The quantitative estimate of drug-likeness (QED) is 0.903. The van der Waals surface area contributed by atoms with Gasteiger partial charge in [0, 0.05) is 17.7 Å². The van der Waals surface area contributed by atoms with Crippen LogP contribution in [0.2, 0.25) is 0 Å². The SMILES string of the molecule is CNC(Cc1ccc(F)cc1)c1ccc(OC)cc1F. The molecule has 0 aromatic heterocycles. The van der Waals surface area contributed by atoms with E-state index in [4.69, 9.17) is 4.74 Å². The zero-order valence-corrected chi connectivity index (χ0v) is 11.5. The fraction of sp³-hybridized carbons (Fsp3) is 0.250. The van der Waals surface area contributed by atoms with E-state index in [1.54, 1.807) is 31.3 Å². The molecule has 0 heterocycles. The third-order valence-electron chi connectivity index (χ3n) is 3.28. The number of nitrogens with one attached hydrogen (secondary N) is 1. The number of halogens is 2. The molecule has 0 aliphatic rings. The minimum Gasteiger partial charge on any atom is -0.497 e. The molecule has 4 heteroatoms. The highest BCUT2D eigenvalue weighted by Crippen LogP contribution is 2.24. The monoisotopic (exact) mass is 277 g/mol. The maximum absolute atomic E-state index is 14.1. The number of benzene rings is 2. The van der Waals surface area contributed by atoms with Crippen molar-refractivity contribution in [3.63, 3.8) is 0 Å². The van der Waals surface area contributed by atoms with Crippen LogP contribution in [0, 0.1) is 11.6 Å². The van der Waals surface area contributed by atoms with Crippen LogP contribution in [-0.2, 0) is 6.42 Å². The van der Waals surface area contributed by atoms with Crippen molar-refractivity contribution in [3.8, 4) is 5.75 Å². The van der Waals surface area contributed by atoms with Crippen LogP contribution >= 0.6 is 0 Å². The molecule has 20 heavy (non-hydrogen) atoms. The second-order valence-corrected chi connectivity index (χ2v) is 4.56. The van der Waals surface area contributed by atoms with Gasteiger partial charge in [-0.2, -0.15) is 0 Å². The molecule has 0 amide bonds. The number of likely N-dealkylation sites (N-methyl/N-ethyl adjacent to an activating group) is 1. The van der Waals surface area contributed by atoms with Crippen molar-refractivity contribution in [1.82, 2.24) is 5.32 Å². The lowest BCUT2D eigenvalue weighted by Crippen LogP contribution is -2.20. The highest BCUT2D eigenvalue weighted by atomic mass is 19.1. The fourth-order valence-corrected chi connectivity index (χ4v) is 2.14. The lowest BCUT2D eigenvalue weighted by molar-refractivity contribution is 0.409. The van der Waals surface area contributed by atoms with Gasteiger partial charge in [-0.3, -0.25) is 0 Å². The van der Waals surface area contributed by atoms with Crippen LogP contribution in [0.5, 0.6) is 5.75 Å². The van der Waals surface area contributed by atoms with Gasteiger partial charge in [0.05, 0.1) is 7.11 Å². The van der Waals surface area contributed by atoms with Crippen LogP contribution in [0.1, 0.15) is 17.2 Å². The van der Waals surface area contributed by atoms with Crippen molar-refractivity contribution in [2.45, 2.75) is 12.5 Å². The first-order valence-corrected chi connectivity index (χ1v) is 6.39. The summed E-state index contributed by atoms with van der Waals surface area (Å²) < 4.78 is 31.9. The Morgan fingerprint density at radius 3 is 2.35 bits per heavy atom. The van der Waals surface area contributed by atoms with Crippen LogP contribution in [0.15, 0.2) is 42.5 Å². The molecule has 2 aromatic rings. The van der Waals surface area contributed by atoms with Crippen molar-refractivity contribution < 1.29 is 13.5 Å². The topological polar surface area (TPSA) is 21.3 Å². The van der Waals surface area contributed by atoms with Gasteiger partial charge in [-0.1, -0.05) is 18.2 Å². The van der Waals surface area contributed by atoms with Crippen LogP contribution < -0.4 is 10.1 Å². The first kappa shape index (κ1) is 14.5. The Hall–Kier alpha value is -1.94. The Kier molecular flexibility index (Phi) is 4.69. The summed E-state index contributed by atoms with van der Waals surface area (Å²) in [6.45, 7) is 0. The van der Waals surface area contributed by atoms with Gasteiger partial charge in [-0.15, -0.1) is 0 Å². The molecule has 0 fully saturated rings. The Bertz CT molecular complexity index is 569. The molecule has 2 nitrogen and oxygen atoms in total. The number of rotatable bonds is 5. The summed E-state index contributed by atoms with van der Waals surface area (Å²) >= 11 is 0. The van der Waals surface area contributed by atoms with Gasteiger partial charge in [-0.25, -0.2) is 8.78 Å². The van der Waals surface area contributed by atoms with E-state index in [-0.39, 0.29) is 17.7 Å². The van der Waals surface area contributed by atoms with E-state index >= 15 is 0 Å². The molecule has 1 atom stereocenters. The van der Waals surface area contributed by atoms with Crippen molar-refractivity contribution >= 4 is 0 Å². The summed E-state index contributed by atoms with van der Waals surface area (Å²) in [5.41, 5.74) is 1.51. The van der Waals surface area contributed by atoms with Gasteiger partial charge < -0.3 is 10.1 Å². The molecule has 0 aliphatic heterocycles. The maximum Gasteiger partial charge on any atom is 0.131 e. The largest absolute Gasteiger partial charge is 0.497 e. The molecule has 2 rings (SSSR count).